The van der Waals surface area contributed by atoms with Crippen molar-refractivity contribution in [3.63, 3.8) is 0 Å². The summed E-state index contributed by atoms with van der Waals surface area (Å²) in [4.78, 5) is 41.0. The molecule has 0 saturated carbocycles. The molecule has 4 aliphatic rings. The normalized spacial score (nSPS) is 15.7. The van der Waals surface area contributed by atoms with Gasteiger partial charge in [0.25, 0.3) is 0 Å². The van der Waals surface area contributed by atoms with Gasteiger partial charge in [-0.05, 0) is 98.3 Å². The van der Waals surface area contributed by atoms with E-state index >= 15 is 0 Å². The largest absolute Gasteiger partial charge is 0.378 e. The Morgan fingerprint density at radius 1 is 0.603 bits per heavy atom. The number of hydrogen-bond donors (Lipinski definition) is 3. The second kappa shape index (κ2) is 19.0. The van der Waals surface area contributed by atoms with E-state index in [1.807, 2.05) is 78.9 Å². The molecule has 3 aromatic carbocycles. The van der Waals surface area contributed by atoms with Gasteiger partial charge in [0.2, 0.25) is 17.8 Å². The predicted molar refractivity (Wildman–Crippen MR) is 244 cm³/mol. The lowest BCUT2D eigenvalue weighted by atomic mass is 10.0. The van der Waals surface area contributed by atoms with Crippen molar-refractivity contribution in [1.29, 1.82) is 10.5 Å². The highest BCUT2D eigenvalue weighted by Crippen LogP contribution is 2.32. The van der Waals surface area contributed by atoms with Crippen LogP contribution < -0.4 is 30.7 Å². The van der Waals surface area contributed by atoms with E-state index in [0.29, 0.717) is 29.4 Å². The summed E-state index contributed by atoms with van der Waals surface area (Å²) in [5, 5.41) is 28.7. The van der Waals surface area contributed by atoms with Crippen LogP contribution in [0.1, 0.15) is 48.8 Å². The molecule has 0 spiro atoms. The molecule has 3 saturated heterocycles. The van der Waals surface area contributed by atoms with Crippen molar-refractivity contribution in [3.05, 3.63) is 114 Å². The van der Waals surface area contributed by atoms with Crippen LogP contribution in [0.2, 0.25) is 0 Å². The first-order valence-corrected chi connectivity index (χ1v) is 21.5. The molecule has 3 N–H and O–H groups in total. The molecule has 15 nitrogen and oxygen atoms in total. The zero-order valence-electron chi connectivity index (χ0n) is 34.9. The Hall–Kier alpha value is -7.62. The van der Waals surface area contributed by atoms with Crippen LogP contribution in [0.4, 0.5) is 46.2 Å². The number of aromatic nitrogens is 5. The number of anilines is 8. The molecule has 0 atom stereocenters. The van der Waals surface area contributed by atoms with Gasteiger partial charge in [-0.1, -0.05) is 18.2 Å². The van der Waals surface area contributed by atoms with Crippen LogP contribution in [0.15, 0.2) is 97.5 Å². The second-order valence-electron chi connectivity index (χ2n) is 15.8. The van der Waals surface area contributed by atoms with Gasteiger partial charge in [-0.2, -0.15) is 10.5 Å². The molecule has 63 heavy (non-hydrogen) atoms. The highest BCUT2D eigenvalue weighted by molar-refractivity contribution is 5.94. The first kappa shape index (κ1) is 40.8. The Morgan fingerprint density at radius 3 is 1.73 bits per heavy atom. The van der Waals surface area contributed by atoms with E-state index in [4.69, 9.17) is 4.74 Å². The number of benzene rings is 3. The first-order valence-electron chi connectivity index (χ1n) is 21.5. The number of pyridine rings is 1. The molecule has 0 bridgehead atoms. The maximum atomic E-state index is 11.7. The molecule has 4 aliphatic heterocycles. The summed E-state index contributed by atoms with van der Waals surface area (Å²) in [5.74, 6) is 1.93. The first-order chi connectivity index (χ1) is 31.0. The third-order valence-corrected chi connectivity index (χ3v) is 11.6. The number of amides is 1. The van der Waals surface area contributed by atoms with Crippen LogP contribution in [0, 0.1) is 22.7 Å². The summed E-state index contributed by atoms with van der Waals surface area (Å²) < 4.78 is 5.40. The summed E-state index contributed by atoms with van der Waals surface area (Å²) in [6, 6.07) is 30.1. The van der Waals surface area contributed by atoms with Crippen molar-refractivity contribution >= 4 is 52.1 Å². The van der Waals surface area contributed by atoms with Crippen LogP contribution >= 0.6 is 0 Å². The molecular weight excluding hydrogens is 791 g/mol. The fourth-order valence-corrected chi connectivity index (χ4v) is 8.34. The molecular formula is C48H47N13O2. The molecule has 10 rings (SSSR count). The number of rotatable bonds is 9. The van der Waals surface area contributed by atoms with Crippen molar-refractivity contribution in [1.82, 2.24) is 24.9 Å². The number of aryl methyl sites for hydroxylation is 1. The lowest BCUT2D eigenvalue weighted by molar-refractivity contribution is -0.116. The van der Waals surface area contributed by atoms with E-state index in [1.54, 1.807) is 18.6 Å². The summed E-state index contributed by atoms with van der Waals surface area (Å²) >= 11 is 0. The molecule has 316 valence electrons. The topological polar surface area (TPSA) is 184 Å². The molecule has 0 aliphatic carbocycles. The quantitative estimate of drug-likeness (QED) is 0.128. The van der Waals surface area contributed by atoms with Gasteiger partial charge in [0.1, 0.15) is 18.0 Å². The predicted octanol–water partition coefficient (Wildman–Crippen LogP) is 7.83. The summed E-state index contributed by atoms with van der Waals surface area (Å²) in [6.07, 6.45) is 11.2. The molecule has 15 heteroatoms. The third-order valence-electron chi connectivity index (χ3n) is 11.6. The Morgan fingerprint density at radius 2 is 1.17 bits per heavy atom. The van der Waals surface area contributed by atoms with E-state index in [9.17, 15) is 15.3 Å². The van der Waals surface area contributed by atoms with Crippen molar-refractivity contribution < 1.29 is 9.53 Å². The van der Waals surface area contributed by atoms with E-state index in [0.717, 1.165) is 121 Å². The number of fused-ring (bicyclic) bond motifs is 1. The zero-order valence-corrected chi connectivity index (χ0v) is 34.9. The molecule has 6 aromatic rings. The second-order valence-corrected chi connectivity index (χ2v) is 15.8. The summed E-state index contributed by atoms with van der Waals surface area (Å²) in [6.45, 7) is 7.18. The zero-order chi connectivity index (χ0) is 43.0. The number of morpholine rings is 1. The molecule has 0 unspecified atom stereocenters. The SMILES string of the molecule is N#Cc1cc(-c2ccnc(Nc3ccc(N4CCOCC4)nc3)n2)ccc1N1CCCC1.N#Cc1cc(-c2ccnc(Nc3ccc4c(c3)NC(=O)CC4)n2)ccc1N1CCCC1. The van der Waals surface area contributed by atoms with Gasteiger partial charge in [0.05, 0.1) is 59.0 Å². The van der Waals surface area contributed by atoms with Crippen LogP contribution in [-0.4, -0.2) is 83.3 Å². The van der Waals surface area contributed by atoms with E-state index in [1.165, 1.54) is 25.7 Å². The Bertz CT molecular complexity index is 2680. The van der Waals surface area contributed by atoms with Crippen LogP contribution in [0.5, 0.6) is 0 Å². The van der Waals surface area contributed by atoms with E-state index in [2.05, 4.69) is 67.7 Å². The van der Waals surface area contributed by atoms with Crippen molar-refractivity contribution in [2.75, 3.05) is 83.1 Å². The molecule has 7 heterocycles. The molecule has 1 amide bonds. The maximum Gasteiger partial charge on any atom is 0.227 e. The maximum absolute atomic E-state index is 11.7. The smallest absolute Gasteiger partial charge is 0.227 e. The number of carbonyl (C=O) groups excluding carboxylic acids is 1. The molecule has 3 aromatic heterocycles. The lowest BCUT2D eigenvalue weighted by Gasteiger charge is -2.27. The van der Waals surface area contributed by atoms with Gasteiger partial charge < -0.3 is 35.4 Å². The summed E-state index contributed by atoms with van der Waals surface area (Å²) in [5.41, 5.74) is 10.2. The summed E-state index contributed by atoms with van der Waals surface area (Å²) in [7, 11) is 0. The van der Waals surface area contributed by atoms with Crippen molar-refractivity contribution in [2.24, 2.45) is 0 Å². The fraction of sp³-hybridized carbons (Fsp3) is 0.292. The van der Waals surface area contributed by atoms with Crippen molar-refractivity contribution in [3.8, 4) is 34.7 Å². The van der Waals surface area contributed by atoms with Gasteiger partial charge >= 0.3 is 0 Å². The average Bonchev–Trinajstić information content (AvgIpc) is 4.09. The van der Waals surface area contributed by atoms with Gasteiger partial charge in [0, 0.05) is 80.6 Å². The monoisotopic (exact) mass is 837 g/mol. The lowest BCUT2D eigenvalue weighted by Crippen LogP contribution is -2.36. The fourth-order valence-electron chi connectivity index (χ4n) is 8.34. The standard InChI is InChI=1S/C24H25N7O.C24H22N6O/c25-16-19-15-18(3-5-22(19)30-9-1-2-10-30)21-7-8-26-24(29-21)28-20-4-6-23(27-17-20)31-11-13-32-14-12-31;25-15-18-13-17(4-7-22(18)30-11-1-2-12-30)20-9-10-26-24(29-20)27-19-6-3-16-5-8-23(31)28-21(16)14-19/h3-8,15,17H,1-2,9-14H2,(H,26,28,29);3-4,6-7,9-10,13-14H,1-2,5,8,11-12H2,(H,28,31)(H,26,27,29). The number of nitrogens with one attached hydrogen (secondary N) is 3. The molecule has 0 radical (unpaired) electrons. The van der Waals surface area contributed by atoms with Gasteiger partial charge in [-0.3, -0.25) is 4.79 Å². The average molecular weight is 838 g/mol. The van der Waals surface area contributed by atoms with Crippen LogP contribution in [0.3, 0.4) is 0 Å². The van der Waals surface area contributed by atoms with Crippen LogP contribution in [0.25, 0.3) is 22.5 Å². The van der Waals surface area contributed by atoms with Gasteiger partial charge in [-0.25, -0.2) is 24.9 Å². The van der Waals surface area contributed by atoms with Crippen LogP contribution in [-0.2, 0) is 16.0 Å². The minimum absolute atomic E-state index is 0.0357. The highest BCUT2D eigenvalue weighted by Gasteiger charge is 2.20. The Kier molecular flexibility index (Phi) is 12.3. The van der Waals surface area contributed by atoms with Gasteiger partial charge in [0.15, 0.2) is 0 Å². The Labute approximate surface area is 366 Å². The minimum atomic E-state index is 0.0357. The van der Waals surface area contributed by atoms with Gasteiger partial charge in [-0.15, -0.1) is 0 Å². The number of carbonyl (C=O) groups is 1. The third kappa shape index (κ3) is 9.64. The van der Waals surface area contributed by atoms with Crippen molar-refractivity contribution in [2.45, 2.75) is 38.5 Å². The number of nitrogens with zero attached hydrogens (tertiary/aromatic N) is 10. The van der Waals surface area contributed by atoms with E-state index < -0.39 is 0 Å². The minimum Gasteiger partial charge on any atom is -0.378 e. The van der Waals surface area contributed by atoms with E-state index in [-0.39, 0.29) is 5.91 Å². The highest BCUT2D eigenvalue weighted by atomic mass is 16.5. The number of nitriles is 2. The number of hydrogen-bond acceptors (Lipinski definition) is 14. The number of ether oxygens (including phenoxy) is 1. The Balaban J connectivity index is 0.000000160. The molecule has 3 fully saturated rings.